The van der Waals surface area contributed by atoms with Crippen LogP contribution in [0.3, 0.4) is 0 Å². The zero-order valence-electron chi connectivity index (χ0n) is 20.7. The fraction of sp³-hybridized carbons (Fsp3) is 0.357. The van der Waals surface area contributed by atoms with E-state index in [9.17, 15) is 19.2 Å². The molecule has 2 saturated heterocycles. The van der Waals surface area contributed by atoms with Crippen LogP contribution in [0.5, 0.6) is 0 Å². The minimum absolute atomic E-state index is 0.0722. The second kappa shape index (κ2) is 11.2. The van der Waals surface area contributed by atoms with E-state index in [1.807, 2.05) is 60.7 Å². The standard InChI is InChI=1S/C28H32N4O4/c1-19(33)31-17-3-5-25(31)27(35)29-23-13-9-21(10-14-23)7-8-22-11-15-24(16-12-22)30-28(36)26-6-4-18-32(26)20(2)34/h7-16,25-26H,3-6,17-18H2,1-2H3,(H,29,35)(H,30,36)/b8-7+/t25-,26-/m1/s1. The Morgan fingerprint density at radius 3 is 1.36 bits per heavy atom. The number of carbonyl (C=O) groups excluding carboxylic acids is 4. The number of benzene rings is 2. The Bertz CT molecular complexity index is 1070. The molecule has 2 N–H and O–H groups in total. The zero-order chi connectivity index (χ0) is 25.7. The molecule has 2 heterocycles. The summed E-state index contributed by atoms with van der Waals surface area (Å²) >= 11 is 0. The van der Waals surface area contributed by atoms with Crippen LogP contribution < -0.4 is 10.6 Å². The highest BCUT2D eigenvalue weighted by atomic mass is 16.2. The monoisotopic (exact) mass is 488 g/mol. The molecule has 0 radical (unpaired) electrons. The molecule has 2 atom stereocenters. The average Bonchev–Trinajstić information content (AvgIpc) is 3.55. The van der Waals surface area contributed by atoms with Gasteiger partial charge in [-0.05, 0) is 61.1 Å². The van der Waals surface area contributed by atoms with E-state index < -0.39 is 12.1 Å². The Hall–Kier alpha value is -3.94. The molecule has 2 aromatic rings. The third-order valence-electron chi connectivity index (χ3n) is 6.74. The number of nitrogens with zero attached hydrogens (tertiary/aromatic N) is 2. The fourth-order valence-corrected chi connectivity index (χ4v) is 4.83. The van der Waals surface area contributed by atoms with Crippen LogP contribution in [0.15, 0.2) is 48.5 Å². The maximum absolute atomic E-state index is 12.6. The molecule has 0 aliphatic carbocycles. The van der Waals surface area contributed by atoms with Gasteiger partial charge in [-0.2, -0.15) is 0 Å². The maximum Gasteiger partial charge on any atom is 0.247 e. The molecule has 4 amide bonds. The Balaban J connectivity index is 1.30. The van der Waals surface area contributed by atoms with Crippen molar-refractivity contribution < 1.29 is 19.2 Å². The molecule has 0 spiro atoms. The van der Waals surface area contributed by atoms with Crippen molar-refractivity contribution in [1.82, 2.24) is 9.80 Å². The summed E-state index contributed by atoms with van der Waals surface area (Å²) in [7, 11) is 0. The lowest BCUT2D eigenvalue weighted by Gasteiger charge is -2.22. The van der Waals surface area contributed by atoms with Crippen LogP contribution in [0.2, 0.25) is 0 Å². The molecule has 8 nitrogen and oxygen atoms in total. The molecule has 0 aromatic heterocycles. The van der Waals surface area contributed by atoms with Gasteiger partial charge in [-0.15, -0.1) is 0 Å². The van der Waals surface area contributed by atoms with Crippen LogP contribution in [-0.4, -0.2) is 58.6 Å². The lowest BCUT2D eigenvalue weighted by Crippen LogP contribution is -2.42. The number of carbonyl (C=O) groups is 4. The first kappa shape index (κ1) is 25.2. The lowest BCUT2D eigenvalue weighted by molar-refractivity contribution is -0.134. The van der Waals surface area contributed by atoms with Crippen molar-refractivity contribution in [3.05, 3.63) is 59.7 Å². The Morgan fingerprint density at radius 1 is 0.667 bits per heavy atom. The summed E-state index contributed by atoms with van der Waals surface area (Å²) in [4.78, 5) is 51.8. The molecule has 0 unspecified atom stereocenters. The molecule has 4 rings (SSSR count). The van der Waals surface area contributed by atoms with Gasteiger partial charge in [0.15, 0.2) is 0 Å². The SMILES string of the molecule is CC(=O)N1CCC[C@@H]1C(=O)Nc1ccc(/C=C/c2ccc(NC(=O)[C@H]3CCCN3C(C)=O)cc2)cc1. The van der Waals surface area contributed by atoms with E-state index in [1.54, 1.807) is 9.80 Å². The van der Waals surface area contributed by atoms with Crippen molar-refractivity contribution in [2.75, 3.05) is 23.7 Å². The second-order valence-electron chi connectivity index (χ2n) is 9.30. The van der Waals surface area contributed by atoms with Gasteiger partial charge in [0.1, 0.15) is 12.1 Å². The highest BCUT2D eigenvalue weighted by Gasteiger charge is 2.33. The van der Waals surface area contributed by atoms with E-state index in [0.717, 1.165) is 24.0 Å². The van der Waals surface area contributed by atoms with Gasteiger partial charge < -0.3 is 20.4 Å². The first-order valence-corrected chi connectivity index (χ1v) is 12.4. The first-order valence-electron chi connectivity index (χ1n) is 12.4. The second-order valence-corrected chi connectivity index (χ2v) is 9.30. The Labute approximate surface area is 211 Å². The molecule has 2 aliphatic rings. The summed E-state index contributed by atoms with van der Waals surface area (Å²) in [6.45, 7) is 4.25. The molecule has 36 heavy (non-hydrogen) atoms. The number of amides is 4. The fourth-order valence-electron chi connectivity index (χ4n) is 4.83. The zero-order valence-corrected chi connectivity index (χ0v) is 20.7. The van der Waals surface area contributed by atoms with Gasteiger partial charge >= 0.3 is 0 Å². The third kappa shape index (κ3) is 6.00. The van der Waals surface area contributed by atoms with Crippen molar-refractivity contribution in [3.63, 3.8) is 0 Å². The summed E-state index contributed by atoms with van der Waals surface area (Å²) < 4.78 is 0. The van der Waals surface area contributed by atoms with E-state index in [-0.39, 0.29) is 23.6 Å². The van der Waals surface area contributed by atoms with Gasteiger partial charge in [0, 0.05) is 38.3 Å². The number of likely N-dealkylation sites (tertiary alicyclic amines) is 2. The van der Waals surface area contributed by atoms with E-state index in [2.05, 4.69) is 10.6 Å². The van der Waals surface area contributed by atoms with Crippen molar-refractivity contribution >= 4 is 47.2 Å². The molecule has 0 bridgehead atoms. The topological polar surface area (TPSA) is 98.8 Å². The Morgan fingerprint density at radius 2 is 1.03 bits per heavy atom. The van der Waals surface area contributed by atoms with Gasteiger partial charge in [-0.3, -0.25) is 19.2 Å². The normalized spacial score (nSPS) is 19.5. The van der Waals surface area contributed by atoms with Gasteiger partial charge in [0.25, 0.3) is 0 Å². The van der Waals surface area contributed by atoms with Crippen molar-refractivity contribution in [2.45, 2.75) is 51.6 Å². The number of hydrogen-bond acceptors (Lipinski definition) is 4. The quantitative estimate of drug-likeness (QED) is 0.605. The summed E-state index contributed by atoms with van der Waals surface area (Å²) in [5.41, 5.74) is 3.33. The van der Waals surface area contributed by atoms with Gasteiger partial charge in [-0.25, -0.2) is 0 Å². The van der Waals surface area contributed by atoms with Crippen LogP contribution >= 0.6 is 0 Å². The predicted molar refractivity (Wildman–Crippen MR) is 140 cm³/mol. The summed E-state index contributed by atoms with van der Waals surface area (Å²) in [6, 6.07) is 14.2. The van der Waals surface area contributed by atoms with Crippen LogP contribution in [0.4, 0.5) is 11.4 Å². The number of anilines is 2. The molecular weight excluding hydrogens is 456 g/mol. The summed E-state index contributed by atoms with van der Waals surface area (Å²) in [5.74, 6) is -0.450. The molecule has 2 fully saturated rings. The van der Waals surface area contributed by atoms with E-state index in [4.69, 9.17) is 0 Å². The minimum atomic E-state index is -0.402. The van der Waals surface area contributed by atoms with E-state index in [0.29, 0.717) is 37.3 Å². The average molecular weight is 489 g/mol. The van der Waals surface area contributed by atoms with Crippen molar-refractivity contribution in [3.8, 4) is 0 Å². The van der Waals surface area contributed by atoms with Crippen LogP contribution in [0.1, 0.15) is 50.7 Å². The molecule has 8 heteroatoms. The first-order chi connectivity index (χ1) is 17.3. The van der Waals surface area contributed by atoms with Crippen molar-refractivity contribution in [1.29, 1.82) is 0 Å². The lowest BCUT2D eigenvalue weighted by atomic mass is 10.1. The third-order valence-corrected chi connectivity index (χ3v) is 6.74. The van der Waals surface area contributed by atoms with E-state index >= 15 is 0 Å². The smallest absolute Gasteiger partial charge is 0.247 e. The molecule has 2 aliphatic heterocycles. The highest BCUT2D eigenvalue weighted by Crippen LogP contribution is 2.21. The van der Waals surface area contributed by atoms with Crippen LogP contribution in [-0.2, 0) is 19.2 Å². The molecule has 2 aromatic carbocycles. The molecule has 188 valence electrons. The maximum atomic E-state index is 12.6. The van der Waals surface area contributed by atoms with E-state index in [1.165, 1.54) is 13.8 Å². The number of hydrogen-bond donors (Lipinski definition) is 2. The number of nitrogens with one attached hydrogen (secondary N) is 2. The van der Waals surface area contributed by atoms with Gasteiger partial charge in [-0.1, -0.05) is 36.4 Å². The van der Waals surface area contributed by atoms with Gasteiger partial charge in [0.2, 0.25) is 23.6 Å². The van der Waals surface area contributed by atoms with Gasteiger partial charge in [0.05, 0.1) is 0 Å². The predicted octanol–water partition coefficient (Wildman–Crippen LogP) is 3.76. The van der Waals surface area contributed by atoms with Crippen LogP contribution in [0, 0.1) is 0 Å². The van der Waals surface area contributed by atoms with Crippen molar-refractivity contribution in [2.24, 2.45) is 0 Å². The summed E-state index contributed by atoms with van der Waals surface area (Å²) in [6.07, 6.45) is 6.99. The minimum Gasteiger partial charge on any atom is -0.331 e. The number of rotatable bonds is 6. The molecule has 0 saturated carbocycles. The van der Waals surface area contributed by atoms with Crippen LogP contribution in [0.25, 0.3) is 12.2 Å². The summed E-state index contributed by atoms with van der Waals surface area (Å²) in [5, 5.41) is 5.81. The highest BCUT2D eigenvalue weighted by molar-refractivity contribution is 5.98. The molecular formula is C28H32N4O4. The Kier molecular flexibility index (Phi) is 7.83. The largest absolute Gasteiger partial charge is 0.331 e.